The Morgan fingerprint density at radius 2 is 1.64 bits per heavy atom. The first-order valence-corrected chi connectivity index (χ1v) is 13.3. The van der Waals surface area contributed by atoms with Crippen LogP contribution in [0.1, 0.15) is 43.5 Å². The van der Waals surface area contributed by atoms with Gasteiger partial charge in [-0.3, -0.25) is 24.2 Å². The highest BCUT2D eigenvalue weighted by atomic mass is 16.5. The molecule has 0 N–H and O–H groups in total. The van der Waals surface area contributed by atoms with Crippen LogP contribution in [0.5, 0.6) is 5.75 Å². The fourth-order valence-electron chi connectivity index (χ4n) is 4.99. The number of rotatable bonds is 0. The van der Waals surface area contributed by atoms with E-state index in [-0.39, 0.29) is 42.6 Å². The first-order chi connectivity index (χ1) is 18.6. The molecule has 0 radical (unpaired) electrons. The summed E-state index contributed by atoms with van der Waals surface area (Å²) in [7, 11) is 4.81. The van der Waals surface area contributed by atoms with E-state index in [1.165, 1.54) is 20.9 Å². The van der Waals surface area contributed by atoms with Crippen LogP contribution >= 0.6 is 0 Å². The zero-order chi connectivity index (χ0) is 28.3. The fraction of sp³-hybridized carbons (Fsp3) is 0.483. The first kappa shape index (κ1) is 28.1. The van der Waals surface area contributed by atoms with E-state index in [9.17, 15) is 19.2 Å². The number of ether oxygens (including phenoxy) is 1. The van der Waals surface area contributed by atoms with Gasteiger partial charge in [-0.15, -0.1) is 0 Å². The second kappa shape index (κ2) is 11.8. The molecule has 1 aromatic heterocycles. The van der Waals surface area contributed by atoms with Gasteiger partial charge in [0.05, 0.1) is 18.2 Å². The summed E-state index contributed by atoms with van der Waals surface area (Å²) in [5.74, 6) is -0.324. The molecular formula is C29H37N5O5. The van der Waals surface area contributed by atoms with Crippen LogP contribution in [0.4, 0.5) is 0 Å². The molecule has 0 saturated carbocycles. The van der Waals surface area contributed by atoms with Crippen molar-refractivity contribution in [2.24, 2.45) is 0 Å². The number of pyridine rings is 1. The van der Waals surface area contributed by atoms with Gasteiger partial charge in [0.25, 0.3) is 5.91 Å². The quantitative estimate of drug-likeness (QED) is 0.513. The lowest BCUT2D eigenvalue weighted by atomic mass is 10.0. The molecular weight excluding hydrogens is 498 g/mol. The topological polar surface area (TPSA) is 103 Å². The molecule has 4 bridgehead atoms. The third kappa shape index (κ3) is 6.21. The molecule has 2 aromatic rings. The lowest BCUT2D eigenvalue weighted by Gasteiger charge is -2.32. The maximum Gasteiger partial charge on any atom is 0.255 e. The maximum atomic E-state index is 13.3. The Balaban J connectivity index is 1.66. The Labute approximate surface area is 229 Å². The third-order valence-corrected chi connectivity index (χ3v) is 7.83. The minimum atomic E-state index is -0.763. The van der Waals surface area contributed by atoms with E-state index < -0.39 is 12.1 Å². The lowest BCUT2D eigenvalue weighted by Crippen LogP contribution is -2.50. The van der Waals surface area contributed by atoms with Crippen LogP contribution in [0.15, 0.2) is 42.7 Å². The zero-order valence-corrected chi connectivity index (χ0v) is 23.3. The van der Waals surface area contributed by atoms with Gasteiger partial charge in [-0.25, -0.2) is 0 Å². The van der Waals surface area contributed by atoms with Crippen LogP contribution in [-0.2, 0) is 14.4 Å². The van der Waals surface area contributed by atoms with Crippen molar-refractivity contribution in [2.75, 3.05) is 40.8 Å². The number of likely N-dealkylation sites (N-methyl/N-ethyl adjacent to an activating group) is 3. The second-order valence-corrected chi connectivity index (χ2v) is 10.5. The van der Waals surface area contributed by atoms with E-state index >= 15 is 0 Å². The molecule has 4 amide bonds. The van der Waals surface area contributed by atoms with Crippen LogP contribution in [0, 0.1) is 0 Å². The van der Waals surface area contributed by atoms with Crippen LogP contribution in [0.2, 0.25) is 0 Å². The molecule has 0 unspecified atom stereocenters. The molecule has 1 aromatic carbocycles. The van der Waals surface area contributed by atoms with E-state index in [1.54, 1.807) is 52.2 Å². The van der Waals surface area contributed by atoms with Crippen LogP contribution in [-0.4, -0.2) is 107 Å². The second-order valence-electron chi connectivity index (χ2n) is 10.5. The molecule has 208 valence electrons. The largest absolute Gasteiger partial charge is 0.491 e. The van der Waals surface area contributed by atoms with Gasteiger partial charge in [-0.1, -0.05) is 12.1 Å². The molecule has 2 aliphatic heterocycles. The van der Waals surface area contributed by atoms with Gasteiger partial charge in [-0.05, 0) is 50.5 Å². The smallest absolute Gasteiger partial charge is 0.255 e. The standard InChI is InChI=1S/C29H37N5O5/c1-19-12-26(35)31(3)17-27(36)34-11-7-9-24(34)18-39-25-10-6-8-21(14-25)22-13-23(16-30-15-22)29(38)33(5)20(2)28(37)32(19)4/h6,8,10,13-16,19-20,24H,7,9,11-12,17-18H2,1-5H3/t19-,20+,24+/m1/s1. The molecule has 1 saturated heterocycles. The number of hydrogen-bond donors (Lipinski definition) is 0. The summed E-state index contributed by atoms with van der Waals surface area (Å²) >= 11 is 0. The van der Waals surface area contributed by atoms with Crippen molar-refractivity contribution in [2.45, 2.75) is 51.2 Å². The Bertz CT molecular complexity index is 1250. The van der Waals surface area contributed by atoms with Gasteiger partial charge >= 0.3 is 0 Å². The number of aromatic nitrogens is 1. The summed E-state index contributed by atoms with van der Waals surface area (Å²) in [6, 6.07) is 8.01. The molecule has 0 aliphatic carbocycles. The highest BCUT2D eigenvalue weighted by Gasteiger charge is 2.32. The van der Waals surface area contributed by atoms with E-state index in [4.69, 9.17) is 4.74 Å². The lowest BCUT2D eigenvalue weighted by molar-refractivity contribution is -0.142. The highest BCUT2D eigenvalue weighted by Crippen LogP contribution is 2.26. The van der Waals surface area contributed by atoms with Gasteiger partial charge in [0.15, 0.2) is 0 Å². The van der Waals surface area contributed by atoms with Gasteiger partial charge in [-0.2, -0.15) is 0 Å². The number of hydrogen-bond acceptors (Lipinski definition) is 6. The van der Waals surface area contributed by atoms with Crippen LogP contribution < -0.4 is 4.74 Å². The zero-order valence-electron chi connectivity index (χ0n) is 23.3. The van der Waals surface area contributed by atoms with E-state index in [1.807, 2.05) is 24.3 Å². The minimum Gasteiger partial charge on any atom is -0.491 e. The molecule has 0 spiro atoms. The van der Waals surface area contributed by atoms with Gasteiger partial charge in [0, 0.05) is 58.1 Å². The molecule has 1 fully saturated rings. The number of carbonyl (C=O) groups is 4. The molecule has 2 aliphatic rings. The Morgan fingerprint density at radius 3 is 2.41 bits per heavy atom. The predicted octanol–water partition coefficient (Wildman–Crippen LogP) is 2.29. The Kier molecular flexibility index (Phi) is 8.52. The van der Waals surface area contributed by atoms with Crippen molar-refractivity contribution in [3.05, 3.63) is 48.3 Å². The van der Waals surface area contributed by atoms with Crippen LogP contribution in [0.3, 0.4) is 0 Å². The van der Waals surface area contributed by atoms with Crippen LogP contribution in [0.25, 0.3) is 11.1 Å². The summed E-state index contributed by atoms with van der Waals surface area (Å²) in [4.78, 5) is 63.0. The SMILES string of the molecule is C[C@@H]1CC(=O)N(C)CC(=O)N2CCC[C@H]2COc2cccc(c2)-c2cncc(c2)C(=O)N(C)[C@@H](C)C(=O)N1C. The third-order valence-electron chi connectivity index (χ3n) is 7.83. The average molecular weight is 536 g/mol. The number of nitrogens with zero attached hydrogens (tertiary/aromatic N) is 5. The molecule has 4 rings (SSSR count). The number of benzene rings is 1. The van der Waals surface area contributed by atoms with Crippen molar-refractivity contribution in [1.29, 1.82) is 0 Å². The van der Waals surface area contributed by atoms with Crippen molar-refractivity contribution in [3.63, 3.8) is 0 Å². The minimum absolute atomic E-state index is 0.0363. The van der Waals surface area contributed by atoms with Gasteiger partial charge in [0.2, 0.25) is 17.7 Å². The van der Waals surface area contributed by atoms with Crippen molar-refractivity contribution in [3.8, 4) is 16.9 Å². The molecule has 39 heavy (non-hydrogen) atoms. The normalized spacial score (nSPS) is 23.9. The van der Waals surface area contributed by atoms with Crippen molar-refractivity contribution >= 4 is 23.6 Å². The summed E-state index contributed by atoms with van der Waals surface area (Å²) < 4.78 is 6.10. The highest BCUT2D eigenvalue weighted by molar-refractivity contribution is 5.98. The first-order valence-electron chi connectivity index (χ1n) is 13.3. The number of fused-ring (bicyclic) bond motifs is 6. The average Bonchev–Trinajstić information content (AvgIpc) is 3.42. The number of amides is 4. The van der Waals surface area contributed by atoms with Crippen molar-refractivity contribution in [1.82, 2.24) is 24.6 Å². The molecule has 3 atom stereocenters. The van der Waals surface area contributed by atoms with Gasteiger partial charge < -0.3 is 24.3 Å². The van der Waals surface area contributed by atoms with E-state index in [0.29, 0.717) is 24.5 Å². The molecule has 3 heterocycles. The summed E-state index contributed by atoms with van der Waals surface area (Å²) in [6.45, 7) is 4.38. The predicted molar refractivity (Wildman–Crippen MR) is 146 cm³/mol. The summed E-state index contributed by atoms with van der Waals surface area (Å²) in [6.07, 6.45) is 4.93. The Morgan fingerprint density at radius 1 is 0.897 bits per heavy atom. The molecule has 10 heteroatoms. The van der Waals surface area contributed by atoms with Crippen molar-refractivity contribution < 1.29 is 23.9 Å². The van der Waals surface area contributed by atoms with E-state index in [0.717, 1.165) is 24.0 Å². The summed E-state index contributed by atoms with van der Waals surface area (Å²) in [5.41, 5.74) is 1.94. The van der Waals surface area contributed by atoms with Gasteiger partial charge in [0.1, 0.15) is 18.4 Å². The maximum absolute atomic E-state index is 13.3. The Hall–Kier alpha value is -3.95. The summed E-state index contributed by atoms with van der Waals surface area (Å²) in [5, 5.41) is 0. The molecule has 10 nitrogen and oxygen atoms in total. The monoisotopic (exact) mass is 535 g/mol. The van der Waals surface area contributed by atoms with E-state index in [2.05, 4.69) is 4.98 Å². The fourth-order valence-corrected chi connectivity index (χ4v) is 4.99. The number of carbonyl (C=O) groups excluding carboxylic acids is 4.